The summed E-state index contributed by atoms with van der Waals surface area (Å²) >= 11 is 0. The Morgan fingerprint density at radius 3 is 1.82 bits per heavy atom. The second kappa shape index (κ2) is 6.64. The molecule has 94 valence electrons. The van der Waals surface area contributed by atoms with E-state index in [1.165, 1.54) is 0 Å². The number of amides is 1. The molecule has 0 aliphatic carbocycles. The minimum Gasteiger partial charge on any atom is -0.295 e. The molecule has 0 spiro atoms. The molecule has 1 aromatic rings. The first-order chi connectivity index (χ1) is 7.79. The molecule has 0 saturated heterocycles. The van der Waals surface area contributed by atoms with Crippen LogP contribution < -0.4 is 5.48 Å². The fourth-order valence-electron chi connectivity index (χ4n) is 0.736. The van der Waals surface area contributed by atoms with Crippen molar-refractivity contribution in [2.24, 2.45) is 0 Å². The van der Waals surface area contributed by atoms with Gasteiger partial charge in [0.1, 0.15) is 0 Å². The number of halogens is 3. The van der Waals surface area contributed by atoms with E-state index in [-0.39, 0.29) is 5.78 Å². The summed E-state index contributed by atoms with van der Waals surface area (Å²) in [5, 5.41) is 7.35. The van der Waals surface area contributed by atoms with Crippen LogP contribution in [0.4, 0.5) is 13.2 Å². The molecule has 1 amide bonds. The summed E-state index contributed by atoms with van der Waals surface area (Å²) in [4.78, 5) is 20.0. The monoisotopic (exact) mass is 249 g/mol. The fourth-order valence-corrected chi connectivity index (χ4v) is 0.736. The predicted molar refractivity (Wildman–Crippen MR) is 52.4 cm³/mol. The molecule has 0 aliphatic rings. The van der Waals surface area contributed by atoms with Crippen molar-refractivity contribution in [2.45, 2.75) is 13.1 Å². The number of alkyl halides is 3. The first-order valence-electron chi connectivity index (χ1n) is 4.36. The fraction of sp³-hybridized carbons (Fsp3) is 0.200. The summed E-state index contributed by atoms with van der Waals surface area (Å²) in [7, 11) is 0. The van der Waals surface area contributed by atoms with E-state index in [1.807, 2.05) is 30.3 Å². The largest absolute Gasteiger partial charge is 0.473 e. The normalized spacial score (nSPS) is 9.94. The highest BCUT2D eigenvalue weighted by Crippen LogP contribution is 2.13. The maximum atomic E-state index is 10.9. The van der Waals surface area contributed by atoms with Crippen LogP contribution in [0.3, 0.4) is 0 Å². The lowest BCUT2D eigenvalue weighted by Crippen LogP contribution is -2.34. The average molecular weight is 249 g/mol. The van der Waals surface area contributed by atoms with E-state index in [1.54, 1.807) is 6.92 Å². The van der Waals surface area contributed by atoms with Crippen molar-refractivity contribution in [3.8, 4) is 0 Å². The highest BCUT2D eigenvalue weighted by atomic mass is 19.4. The molecule has 0 bridgehead atoms. The Morgan fingerprint density at radius 2 is 1.65 bits per heavy atom. The van der Waals surface area contributed by atoms with Gasteiger partial charge < -0.3 is 0 Å². The number of carbonyl (C=O) groups excluding carboxylic acids is 2. The molecule has 0 aromatic heterocycles. The van der Waals surface area contributed by atoms with Gasteiger partial charge in [0.15, 0.2) is 5.78 Å². The topological polar surface area (TPSA) is 66.4 Å². The van der Waals surface area contributed by atoms with Gasteiger partial charge in [-0.05, 0) is 6.92 Å². The molecule has 0 radical (unpaired) electrons. The van der Waals surface area contributed by atoms with Gasteiger partial charge in [-0.3, -0.25) is 14.8 Å². The number of ketones is 1. The predicted octanol–water partition coefficient (Wildman–Crippen LogP) is 1.94. The van der Waals surface area contributed by atoms with Crippen LogP contribution in [0.15, 0.2) is 30.3 Å². The van der Waals surface area contributed by atoms with E-state index >= 15 is 0 Å². The molecule has 0 saturated carbocycles. The highest BCUT2D eigenvalue weighted by Gasteiger charge is 2.38. The van der Waals surface area contributed by atoms with Gasteiger partial charge in [-0.1, -0.05) is 30.3 Å². The Balaban J connectivity index is 0.000000304. The van der Waals surface area contributed by atoms with E-state index in [0.717, 1.165) is 5.56 Å². The van der Waals surface area contributed by atoms with Crippen LogP contribution in [0.25, 0.3) is 0 Å². The van der Waals surface area contributed by atoms with Gasteiger partial charge in [0.2, 0.25) is 0 Å². The third-order valence-corrected chi connectivity index (χ3v) is 1.54. The van der Waals surface area contributed by atoms with E-state index < -0.39 is 12.1 Å². The lowest BCUT2D eigenvalue weighted by atomic mass is 10.2. The molecule has 1 aromatic carbocycles. The van der Waals surface area contributed by atoms with Crippen LogP contribution in [0.2, 0.25) is 0 Å². The molecule has 4 nitrogen and oxygen atoms in total. The van der Waals surface area contributed by atoms with Gasteiger partial charge in [0, 0.05) is 5.56 Å². The van der Waals surface area contributed by atoms with Gasteiger partial charge in [-0.2, -0.15) is 13.2 Å². The molecule has 7 heteroatoms. The Hall–Kier alpha value is -1.89. The summed E-state index contributed by atoms with van der Waals surface area (Å²) in [5.74, 6) is -2.24. The molecule has 1 rings (SSSR count). The van der Waals surface area contributed by atoms with Crippen LogP contribution in [-0.2, 0) is 4.79 Å². The highest BCUT2D eigenvalue weighted by molar-refractivity contribution is 5.93. The van der Waals surface area contributed by atoms with Crippen molar-refractivity contribution < 1.29 is 28.0 Å². The average Bonchev–Trinajstić information content (AvgIpc) is 2.28. The standard InChI is InChI=1S/C8H8O.C2H2F3NO2/c1-7(9)8-5-3-2-4-6-8;3-2(4,5)1(7)6-8/h2-6H,1H3;8H,(H,6,7). The zero-order chi connectivity index (χ0) is 13.5. The van der Waals surface area contributed by atoms with Crippen LogP contribution in [0, 0.1) is 0 Å². The third kappa shape index (κ3) is 6.31. The molecule has 2 N–H and O–H groups in total. The third-order valence-electron chi connectivity index (χ3n) is 1.54. The van der Waals surface area contributed by atoms with Gasteiger partial charge in [0.05, 0.1) is 0 Å². The van der Waals surface area contributed by atoms with Crippen molar-refractivity contribution in [2.75, 3.05) is 0 Å². The Morgan fingerprint density at radius 1 is 1.18 bits per heavy atom. The zero-order valence-electron chi connectivity index (χ0n) is 8.78. The van der Waals surface area contributed by atoms with Crippen LogP contribution in [0.1, 0.15) is 17.3 Å². The second-order valence-electron chi connectivity index (χ2n) is 2.86. The van der Waals surface area contributed by atoms with Crippen molar-refractivity contribution >= 4 is 11.7 Å². The summed E-state index contributed by atoms with van der Waals surface area (Å²) in [6, 6.07) is 9.23. The Kier molecular flexibility index (Phi) is 5.90. The number of rotatable bonds is 1. The van der Waals surface area contributed by atoms with Gasteiger partial charge >= 0.3 is 12.1 Å². The van der Waals surface area contributed by atoms with Crippen molar-refractivity contribution in [1.29, 1.82) is 0 Å². The quantitative estimate of drug-likeness (QED) is 0.454. The van der Waals surface area contributed by atoms with Gasteiger partial charge in [0.25, 0.3) is 0 Å². The second-order valence-corrected chi connectivity index (χ2v) is 2.86. The number of Topliss-reactive ketones (excluding diaryl/α,β-unsaturated/α-hetero) is 1. The summed E-state index contributed by atoms with van der Waals surface area (Å²) in [5.41, 5.74) is 1.22. The Bertz CT molecular complexity index is 376. The van der Waals surface area contributed by atoms with Crippen LogP contribution in [-0.4, -0.2) is 23.1 Å². The minimum atomic E-state index is -4.99. The molecular formula is C10H10F3NO3. The van der Waals surface area contributed by atoms with E-state index in [0.29, 0.717) is 5.48 Å². The summed E-state index contributed by atoms with van der Waals surface area (Å²) < 4.78 is 32.6. The number of hydrogen-bond donors (Lipinski definition) is 2. The molecule has 17 heavy (non-hydrogen) atoms. The molecular weight excluding hydrogens is 239 g/mol. The number of carbonyl (C=O) groups is 2. The van der Waals surface area contributed by atoms with Gasteiger partial charge in [-0.25, -0.2) is 5.48 Å². The summed E-state index contributed by atoms with van der Waals surface area (Å²) in [6.07, 6.45) is -4.99. The summed E-state index contributed by atoms with van der Waals surface area (Å²) in [6.45, 7) is 1.56. The van der Waals surface area contributed by atoms with Gasteiger partial charge in [-0.15, -0.1) is 0 Å². The minimum absolute atomic E-state index is 0.121. The number of nitrogens with one attached hydrogen (secondary N) is 1. The molecule has 0 aliphatic heterocycles. The first-order valence-corrected chi connectivity index (χ1v) is 4.36. The maximum absolute atomic E-state index is 10.9. The first kappa shape index (κ1) is 15.1. The SMILES string of the molecule is CC(=O)c1ccccc1.O=C(NO)C(F)(F)F. The van der Waals surface area contributed by atoms with Crippen molar-refractivity contribution in [3.63, 3.8) is 0 Å². The molecule has 0 heterocycles. The molecule has 0 fully saturated rings. The van der Waals surface area contributed by atoms with Crippen LogP contribution >= 0.6 is 0 Å². The number of hydroxylamine groups is 1. The zero-order valence-corrected chi connectivity index (χ0v) is 8.78. The maximum Gasteiger partial charge on any atom is 0.473 e. The smallest absolute Gasteiger partial charge is 0.295 e. The van der Waals surface area contributed by atoms with E-state index in [4.69, 9.17) is 5.21 Å². The van der Waals surface area contributed by atoms with Crippen LogP contribution in [0.5, 0.6) is 0 Å². The van der Waals surface area contributed by atoms with E-state index in [2.05, 4.69) is 0 Å². The number of hydrogen-bond acceptors (Lipinski definition) is 3. The number of benzene rings is 1. The lowest BCUT2D eigenvalue weighted by molar-refractivity contribution is -0.182. The van der Waals surface area contributed by atoms with E-state index in [9.17, 15) is 22.8 Å². The molecule has 0 atom stereocenters. The molecule has 0 unspecified atom stereocenters. The van der Waals surface area contributed by atoms with Crippen molar-refractivity contribution in [3.05, 3.63) is 35.9 Å². The van der Waals surface area contributed by atoms with Crippen molar-refractivity contribution in [1.82, 2.24) is 5.48 Å². The Labute approximate surface area is 95.0 Å². The lowest BCUT2D eigenvalue weighted by Gasteiger charge is -1.99.